The third kappa shape index (κ3) is 2.71. The SMILES string of the molecule is CCOc1ccc(C(N)=O)cc1S(N)(=O)=O. The first kappa shape index (κ1) is 12.5. The Bertz CT molecular complexity index is 510. The fourth-order valence-corrected chi connectivity index (χ4v) is 1.86. The summed E-state index contributed by atoms with van der Waals surface area (Å²) < 4.78 is 27.6. The van der Waals surface area contributed by atoms with Crippen LogP contribution in [0.25, 0.3) is 0 Å². The van der Waals surface area contributed by atoms with Gasteiger partial charge in [0, 0.05) is 5.56 Å². The minimum absolute atomic E-state index is 0.0625. The predicted octanol–water partition coefficient (Wildman–Crippen LogP) is -0.168. The molecule has 0 saturated carbocycles. The summed E-state index contributed by atoms with van der Waals surface area (Å²) in [6.07, 6.45) is 0. The second kappa shape index (κ2) is 4.50. The van der Waals surface area contributed by atoms with E-state index in [2.05, 4.69) is 0 Å². The molecule has 7 heteroatoms. The summed E-state index contributed by atoms with van der Waals surface area (Å²) in [5.41, 5.74) is 5.10. The van der Waals surface area contributed by atoms with Crippen LogP contribution in [0.15, 0.2) is 23.1 Å². The number of rotatable bonds is 4. The third-order valence-electron chi connectivity index (χ3n) is 1.83. The smallest absolute Gasteiger partial charge is 0.248 e. The Kier molecular flexibility index (Phi) is 3.51. The molecule has 1 aromatic rings. The zero-order valence-corrected chi connectivity index (χ0v) is 9.45. The van der Waals surface area contributed by atoms with E-state index >= 15 is 0 Å². The number of benzene rings is 1. The zero-order valence-electron chi connectivity index (χ0n) is 8.64. The fraction of sp³-hybridized carbons (Fsp3) is 0.222. The van der Waals surface area contributed by atoms with Gasteiger partial charge in [-0.25, -0.2) is 13.6 Å². The first-order valence-electron chi connectivity index (χ1n) is 4.45. The lowest BCUT2D eigenvalue weighted by atomic mass is 10.2. The van der Waals surface area contributed by atoms with Crippen LogP contribution in [-0.4, -0.2) is 20.9 Å². The van der Waals surface area contributed by atoms with E-state index in [1.165, 1.54) is 12.1 Å². The van der Waals surface area contributed by atoms with Gasteiger partial charge in [0.15, 0.2) is 0 Å². The average molecular weight is 244 g/mol. The molecular formula is C9H12N2O4S. The lowest BCUT2D eigenvalue weighted by Crippen LogP contribution is -2.17. The Balaban J connectivity index is 3.39. The number of hydrogen-bond acceptors (Lipinski definition) is 4. The summed E-state index contributed by atoms with van der Waals surface area (Å²) in [7, 11) is -3.94. The summed E-state index contributed by atoms with van der Waals surface area (Å²) in [6.45, 7) is 1.99. The predicted molar refractivity (Wildman–Crippen MR) is 57.5 cm³/mol. The molecule has 0 spiro atoms. The van der Waals surface area contributed by atoms with Crippen LogP contribution in [0.4, 0.5) is 0 Å². The van der Waals surface area contributed by atoms with Crippen LogP contribution in [0, 0.1) is 0 Å². The van der Waals surface area contributed by atoms with Gasteiger partial charge in [0.05, 0.1) is 6.61 Å². The van der Waals surface area contributed by atoms with Gasteiger partial charge in [-0.05, 0) is 25.1 Å². The molecule has 0 aliphatic carbocycles. The molecule has 1 aromatic carbocycles. The average Bonchev–Trinajstić information content (AvgIpc) is 2.16. The molecule has 88 valence electrons. The highest BCUT2D eigenvalue weighted by Crippen LogP contribution is 2.23. The topological polar surface area (TPSA) is 112 Å². The van der Waals surface area contributed by atoms with Crippen molar-refractivity contribution in [3.63, 3.8) is 0 Å². The standard InChI is InChI=1S/C9H12N2O4S/c1-2-15-7-4-3-6(9(10)12)5-8(7)16(11,13)14/h3-5H,2H2,1H3,(H2,10,12)(H2,11,13,14). The fourth-order valence-electron chi connectivity index (χ4n) is 1.16. The largest absolute Gasteiger partial charge is 0.492 e. The molecule has 0 unspecified atom stereocenters. The van der Waals surface area contributed by atoms with E-state index in [1.807, 2.05) is 0 Å². The monoisotopic (exact) mass is 244 g/mol. The van der Waals surface area contributed by atoms with Crippen molar-refractivity contribution in [3.05, 3.63) is 23.8 Å². The van der Waals surface area contributed by atoms with Gasteiger partial charge in [-0.1, -0.05) is 0 Å². The number of sulfonamides is 1. The maximum Gasteiger partial charge on any atom is 0.248 e. The van der Waals surface area contributed by atoms with Crippen molar-refractivity contribution in [1.82, 2.24) is 0 Å². The van der Waals surface area contributed by atoms with Gasteiger partial charge in [-0.3, -0.25) is 4.79 Å². The molecule has 0 bridgehead atoms. The normalized spacial score (nSPS) is 11.1. The number of ether oxygens (including phenoxy) is 1. The van der Waals surface area contributed by atoms with Crippen LogP contribution in [0.3, 0.4) is 0 Å². The Morgan fingerprint density at radius 2 is 2.06 bits per heavy atom. The minimum Gasteiger partial charge on any atom is -0.492 e. The van der Waals surface area contributed by atoms with Crippen molar-refractivity contribution in [1.29, 1.82) is 0 Å². The number of nitrogens with two attached hydrogens (primary N) is 2. The van der Waals surface area contributed by atoms with Crippen LogP contribution >= 0.6 is 0 Å². The lowest BCUT2D eigenvalue weighted by molar-refractivity contribution is 0.1000. The molecule has 0 saturated heterocycles. The highest BCUT2D eigenvalue weighted by molar-refractivity contribution is 7.89. The molecule has 0 aliphatic heterocycles. The van der Waals surface area contributed by atoms with E-state index in [-0.39, 0.29) is 16.2 Å². The van der Waals surface area contributed by atoms with Crippen molar-refractivity contribution in [2.24, 2.45) is 10.9 Å². The second-order valence-electron chi connectivity index (χ2n) is 3.00. The molecule has 1 amide bonds. The first-order chi connectivity index (χ1) is 7.36. The second-order valence-corrected chi connectivity index (χ2v) is 4.53. The van der Waals surface area contributed by atoms with Gasteiger partial charge < -0.3 is 10.5 Å². The molecule has 0 fully saturated rings. The summed E-state index contributed by atoms with van der Waals surface area (Å²) in [5.74, 6) is -0.622. The van der Waals surface area contributed by atoms with Gasteiger partial charge in [0.2, 0.25) is 15.9 Å². The number of primary sulfonamides is 1. The Morgan fingerprint density at radius 1 is 1.44 bits per heavy atom. The molecule has 0 radical (unpaired) electrons. The van der Waals surface area contributed by atoms with Crippen molar-refractivity contribution in [3.8, 4) is 5.75 Å². The van der Waals surface area contributed by atoms with Crippen molar-refractivity contribution < 1.29 is 17.9 Å². The maximum atomic E-state index is 11.2. The number of amides is 1. The molecule has 4 N–H and O–H groups in total. The molecule has 0 atom stereocenters. The quantitative estimate of drug-likeness (QED) is 0.765. The van der Waals surface area contributed by atoms with E-state index in [0.717, 1.165) is 6.07 Å². The summed E-state index contributed by atoms with van der Waals surface area (Å²) in [5, 5.41) is 5.00. The summed E-state index contributed by atoms with van der Waals surface area (Å²) in [6, 6.07) is 3.83. The van der Waals surface area contributed by atoms with E-state index in [0.29, 0.717) is 6.61 Å². The molecular weight excluding hydrogens is 232 g/mol. The Hall–Kier alpha value is -1.60. The molecule has 0 aliphatic rings. The number of carbonyl (C=O) groups excluding carboxylic acids is 1. The summed E-state index contributed by atoms with van der Waals surface area (Å²) in [4.78, 5) is 10.7. The highest BCUT2D eigenvalue weighted by atomic mass is 32.2. The van der Waals surface area contributed by atoms with Crippen LogP contribution in [0.5, 0.6) is 5.75 Å². The van der Waals surface area contributed by atoms with Gasteiger partial charge in [0.1, 0.15) is 10.6 Å². The van der Waals surface area contributed by atoms with Gasteiger partial charge in [-0.2, -0.15) is 0 Å². The van der Waals surface area contributed by atoms with Gasteiger partial charge >= 0.3 is 0 Å². The molecule has 0 heterocycles. The van der Waals surface area contributed by atoms with Gasteiger partial charge in [-0.15, -0.1) is 0 Å². The Labute approximate surface area is 93.2 Å². The summed E-state index contributed by atoms with van der Waals surface area (Å²) >= 11 is 0. The van der Waals surface area contributed by atoms with Crippen LogP contribution in [0.2, 0.25) is 0 Å². The maximum absolute atomic E-state index is 11.2. The van der Waals surface area contributed by atoms with Crippen LogP contribution in [-0.2, 0) is 10.0 Å². The van der Waals surface area contributed by atoms with Crippen molar-refractivity contribution in [2.75, 3.05) is 6.61 Å². The molecule has 6 nitrogen and oxygen atoms in total. The third-order valence-corrected chi connectivity index (χ3v) is 2.77. The van der Waals surface area contributed by atoms with E-state index < -0.39 is 15.9 Å². The lowest BCUT2D eigenvalue weighted by Gasteiger charge is -2.09. The van der Waals surface area contributed by atoms with Gasteiger partial charge in [0.25, 0.3) is 0 Å². The van der Waals surface area contributed by atoms with E-state index in [9.17, 15) is 13.2 Å². The minimum atomic E-state index is -3.94. The molecule has 16 heavy (non-hydrogen) atoms. The zero-order chi connectivity index (χ0) is 12.3. The van der Waals surface area contributed by atoms with E-state index in [4.69, 9.17) is 15.6 Å². The molecule has 1 rings (SSSR count). The number of carbonyl (C=O) groups is 1. The Morgan fingerprint density at radius 3 is 2.50 bits per heavy atom. The first-order valence-corrected chi connectivity index (χ1v) is 6.00. The number of primary amides is 1. The van der Waals surface area contributed by atoms with Crippen molar-refractivity contribution >= 4 is 15.9 Å². The van der Waals surface area contributed by atoms with Crippen LogP contribution < -0.4 is 15.6 Å². The molecule has 0 aromatic heterocycles. The van der Waals surface area contributed by atoms with E-state index in [1.54, 1.807) is 6.92 Å². The van der Waals surface area contributed by atoms with Crippen LogP contribution in [0.1, 0.15) is 17.3 Å². The van der Waals surface area contributed by atoms with Crippen molar-refractivity contribution in [2.45, 2.75) is 11.8 Å². The number of hydrogen-bond donors (Lipinski definition) is 2. The highest BCUT2D eigenvalue weighted by Gasteiger charge is 2.17.